The SMILES string of the molecule is Nc1c(S(=O)C(F)(F)F)c(C(=O)NCCCCC(=O)O)nn1-c1c(Cl)cc(C(F)(F)F)cc1Cl. The van der Waals surface area contributed by atoms with Crippen molar-refractivity contribution in [2.45, 2.75) is 35.8 Å². The number of nitrogen functional groups attached to an aromatic ring is 1. The first kappa shape index (κ1) is 27.7. The predicted molar refractivity (Wildman–Crippen MR) is 109 cm³/mol. The molecule has 0 radical (unpaired) electrons. The van der Waals surface area contributed by atoms with Gasteiger partial charge in [-0.2, -0.15) is 31.4 Å². The van der Waals surface area contributed by atoms with Gasteiger partial charge in [0.1, 0.15) is 16.4 Å². The van der Waals surface area contributed by atoms with Crippen LogP contribution in [0.1, 0.15) is 35.3 Å². The van der Waals surface area contributed by atoms with Crippen molar-refractivity contribution < 1.29 is 45.2 Å². The molecule has 1 aromatic carbocycles. The molecule has 1 unspecified atom stereocenters. The molecule has 1 heterocycles. The summed E-state index contributed by atoms with van der Waals surface area (Å²) in [6.07, 6.45) is -4.78. The Hall–Kier alpha value is -2.52. The van der Waals surface area contributed by atoms with Crippen LogP contribution in [-0.4, -0.2) is 43.0 Å². The number of rotatable bonds is 8. The molecule has 188 valence electrons. The van der Waals surface area contributed by atoms with Crippen LogP contribution in [0.2, 0.25) is 10.0 Å². The number of aliphatic carboxylic acids is 1. The summed E-state index contributed by atoms with van der Waals surface area (Å²) in [7, 11) is -3.86. The number of carboxylic acid groups (broad SMARTS) is 1. The molecule has 34 heavy (non-hydrogen) atoms. The molecule has 2 aromatic rings. The van der Waals surface area contributed by atoms with E-state index in [2.05, 4.69) is 10.4 Å². The average molecular weight is 555 g/mol. The molecule has 17 heteroatoms. The van der Waals surface area contributed by atoms with Crippen LogP contribution in [0.3, 0.4) is 0 Å². The summed E-state index contributed by atoms with van der Waals surface area (Å²) in [4.78, 5) is 21.7. The molecule has 2 rings (SSSR count). The van der Waals surface area contributed by atoms with Crippen LogP contribution in [0, 0.1) is 0 Å². The van der Waals surface area contributed by atoms with E-state index in [4.69, 9.17) is 34.0 Å². The molecule has 0 saturated heterocycles. The molecule has 0 aliphatic rings. The molecule has 1 aromatic heterocycles. The number of benzene rings is 1. The Morgan fingerprint density at radius 3 is 2.15 bits per heavy atom. The number of hydrogen-bond donors (Lipinski definition) is 3. The molecule has 8 nitrogen and oxygen atoms in total. The van der Waals surface area contributed by atoms with E-state index in [9.17, 15) is 40.1 Å². The van der Waals surface area contributed by atoms with Crippen LogP contribution in [0.15, 0.2) is 17.0 Å². The molecule has 0 saturated carbocycles. The normalized spacial score (nSPS) is 13.1. The van der Waals surface area contributed by atoms with Gasteiger partial charge >= 0.3 is 17.7 Å². The van der Waals surface area contributed by atoms with Crippen molar-refractivity contribution in [2.24, 2.45) is 0 Å². The zero-order valence-corrected chi connectivity index (χ0v) is 18.9. The van der Waals surface area contributed by atoms with E-state index in [1.54, 1.807) is 0 Å². The maximum absolute atomic E-state index is 13.2. The molecule has 0 aliphatic heterocycles. The Morgan fingerprint density at radius 2 is 1.68 bits per heavy atom. The Kier molecular flexibility index (Phi) is 8.48. The summed E-state index contributed by atoms with van der Waals surface area (Å²) in [5.74, 6) is -3.33. The summed E-state index contributed by atoms with van der Waals surface area (Å²) in [5.41, 5.74) is -2.58. The molecule has 0 aliphatic carbocycles. The van der Waals surface area contributed by atoms with Gasteiger partial charge in [-0.05, 0) is 25.0 Å². The Morgan fingerprint density at radius 1 is 1.12 bits per heavy atom. The van der Waals surface area contributed by atoms with Crippen LogP contribution >= 0.6 is 23.2 Å². The molecule has 0 spiro atoms. The number of hydrogen-bond acceptors (Lipinski definition) is 5. The van der Waals surface area contributed by atoms with E-state index in [0.717, 1.165) is 0 Å². The molecule has 1 amide bonds. The zero-order valence-electron chi connectivity index (χ0n) is 16.6. The van der Waals surface area contributed by atoms with Crippen molar-refractivity contribution in [1.82, 2.24) is 15.1 Å². The number of nitrogens with two attached hydrogens (primary N) is 1. The van der Waals surface area contributed by atoms with Crippen LogP contribution in [-0.2, 0) is 21.8 Å². The van der Waals surface area contributed by atoms with Crippen LogP contribution in [0.25, 0.3) is 5.69 Å². The largest absolute Gasteiger partial charge is 0.481 e. The topological polar surface area (TPSA) is 127 Å². The summed E-state index contributed by atoms with van der Waals surface area (Å²) in [6, 6.07) is 0.846. The number of carboxylic acids is 1. The lowest BCUT2D eigenvalue weighted by Crippen LogP contribution is -2.27. The van der Waals surface area contributed by atoms with Crippen molar-refractivity contribution in [3.63, 3.8) is 0 Å². The third-order valence-electron chi connectivity index (χ3n) is 4.15. The first-order valence-corrected chi connectivity index (χ1v) is 10.9. The predicted octanol–water partition coefficient (Wildman–Crippen LogP) is 4.39. The van der Waals surface area contributed by atoms with Gasteiger partial charge in [-0.25, -0.2) is 8.89 Å². The minimum absolute atomic E-state index is 0.141. The van der Waals surface area contributed by atoms with Gasteiger partial charge < -0.3 is 16.2 Å². The minimum Gasteiger partial charge on any atom is -0.481 e. The van der Waals surface area contributed by atoms with Gasteiger partial charge in [-0.1, -0.05) is 23.2 Å². The highest BCUT2D eigenvalue weighted by Gasteiger charge is 2.43. The van der Waals surface area contributed by atoms with Crippen LogP contribution in [0.5, 0.6) is 0 Å². The van der Waals surface area contributed by atoms with E-state index < -0.39 is 72.1 Å². The standard InChI is InChI=1S/C17H14Cl2F6N4O4S/c18-8-5-7(16(20,21)22)6-9(19)12(8)29-14(26)13(34(33)17(23,24)25)11(28-29)15(32)27-4-2-1-3-10(30)31/h5-6H,1-4,26H2,(H,27,32)(H,30,31). The second kappa shape index (κ2) is 10.4. The van der Waals surface area contributed by atoms with E-state index >= 15 is 0 Å². The van der Waals surface area contributed by atoms with Gasteiger partial charge in [0.15, 0.2) is 16.5 Å². The van der Waals surface area contributed by atoms with Gasteiger partial charge in [0.2, 0.25) is 0 Å². The second-order valence-corrected chi connectivity index (χ2v) is 8.81. The van der Waals surface area contributed by atoms with Crippen LogP contribution < -0.4 is 11.1 Å². The number of nitrogens with one attached hydrogen (secondary N) is 1. The van der Waals surface area contributed by atoms with Crippen molar-refractivity contribution in [3.05, 3.63) is 33.4 Å². The smallest absolute Gasteiger partial charge is 0.476 e. The lowest BCUT2D eigenvalue weighted by molar-refractivity contribution is -0.138. The lowest BCUT2D eigenvalue weighted by Gasteiger charge is -2.13. The van der Waals surface area contributed by atoms with E-state index in [-0.39, 0.29) is 25.8 Å². The molecule has 0 fully saturated rings. The highest BCUT2D eigenvalue weighted by Crippen LogP contribution is 2.40. The molecule has 4 N–H and O–H groups in total. The van der Waals surface area contributed by atoms with Gasteiger partial charge in [-0.3, -0.25) is 9.59 Å². The maximum atomic E-state index is 13.2. The number of halogens is 8. The Bertz CT molecular complexity index is 1110. The maximum Gasteiger partial charge on any atom is 0.476 e. The summed E-state index contributed by atoms with van der Waals surface area (Å²) in [6.45, 7) is -0.168. The number of carbonyl (C=O) groups is 2. The van der Waals surface area contributed by atoms with E-state index in [0.29, 0.717) is 16.8 Å². The van der Waals surface area contributed by atoms with Gasteiger partial charge in [0.25, 0.3) is 5.91 Å². The van der Waals surface area contributed by atoms with Crippen molar-refractivity contribution in [1.29, 1.82) is 0 Å². The second-order valence-electron chi connectivity index (χ2n) is 6.58. The number of carbonyl (C=O) groups excluding carboxylic acids is 1. The highest BCUT2D eigenvalue weighted by atomic mass is 35.5. The number of unbranched alkanes of at least 4 members (excludes halogenated alkanes) is 1. The van der Waals surface area contributed by atoms with Gasteiger partial charge in [0, 0.05) is 13.0 Å². The number of alkyl halides is 6. The van der Waals surface area contributed by atoms with Crippen LogP contribution in [0.4, 0.5) is 32.2 Å². The number of nitrogens with zero attached hydrogens (tertiary/aromatic N) is 2. The average Bonchev–Trinajstić information content (AvgIpc) is 3.01. The number of anilines is 1. The third kappa shape index (κ3) is 6.33. The first-order valence-electron chi connectivity index (χ1n) is 8.99. The minimum atomic E-state index is -5.37. The zero-order chi connectivity index (χ0) is 26.0. The summed E-state index contributed by atoms with van der Waals surface area (Å²) in [5, 5.41) is 13.0. The number of amides is 1. The Labute approximate surface area is 199 Å². The monoisotopic (exact) mass is 554 g/mol. The summed E-state index contributed by atoms with van der Waals surface area (Å²) >= 11 is 11.7. The molecular weight excluding hydrogens is 541 g/mol. The quantitative estimate of drug-likeness (QED) is 0.328. The van der Waals surface area contributed by atoms with Crippen molar-refractivity contribution in [2.75, 3.05) is 12.3 Å². The van der Waals surface area contributed by atoms with E-state index in [1.807, 2.05) is 0 Å². The fraction of sp³-hybridized carbons (Fsp3) is 0.353. The fourth-order valence-corrected chi connectivity index (χ4v) is 4.12. The van der Waals surface area contributed by atoms with Crippen molar-refractivity contribution >= 4 is 51.7 Å². The van der Waals surface area contributed by atoms with Gasteiger partial charge in [-0.15, -0.1) is 0 Å². The summed E-state index contributed by atoms with van der Waals surface area (Å²) < 4.78 is 90.9. The van der Waals surface area contributed by atoms with Gasteiger partial charge in [0.05, 0.1) is 15.6 Å². The molecular formula is C17H14Cl2F6N4O4S. The fourth-order valence-electron chi connectivity index (χ4n) is 2.65. The third-order valence-corrected chi connectivity index (χ3v) is 5.92. The first-order chi connectivity index (χ1) is 15.6. The molecule has 1 atom stereocenters. The van der Waals surface area contributed by atoms with Crippen molar-refractivity contribution in [3.8, 4) is 5.69 Å². The Balaban J connectivity index is 2.54. The molecule has 0 bridgehead atoms. The highest BCUT2D eigenvalue weighted by molar-refractivity contribution is 7.86. The number of aromatic nitrogens is 2. The lowest BCUT2D eigenvalue weighted by atomic mass is 10.2. The van der Waals surface area contributed by atoms with E-state index in [1.165, 1.54) is 0 Å².